The van der Waals surface area contributed by atoms with Gasteiger partial charge in [0.25, 0.3) is 0 Å². The molecule has 0 aromatic heterocycles. The molecule has 1 aromatic carbocycles. The average Bonchev–Trinajstić information content (AvgIpc) is 2.05. The summed E-state index contributed by atoms with van der Waals surface area (Å²) in [6.07, 6.45) is 0.687. The maximum atomic E-state index is 8.89. The molecule has 0 atom stereocenters. The third-order valence-electron chi connectivity index (χ3n) is 1.98. The zero-order chi connectivity index (χ0) is 8.97. The van der Waals surface area contributed by atoms with Crippen molar-refractivity contribution < 1.29 is 10.2 Å². The third-order valence-corrected chi connectivity index (χ3v) is 1.98. The van der Waals surface area contributed by atoms with E-state index in [9.17, 15) is 0 Å². The van der Waals surface area contributed by atoms with Gasteiger partial charge in [-0.1, -0.05) is 18.2 Å². The second kappa shape index (κ2) is 4.24. The summed E-state index contributed by atoms with van der Waals surface area (Å²) in [5.41, 5.74) is 3.16. The van der Waals surface area contributed by atoms with E-state index in [-0.39, 0.29) is 13.2 Å². The van der Waals surface area contributed by atoms with Gasteiger partial charge in [-0.25, -0.2) is 0 Å². The van der Waals surface area contributed by atoms with Gasteiger partial charge >= 0.3 is 0 Å². The minimum Gasteiger partial charge on any atom is -0.396 e. The molecule has 0 spiro atoms. The Labute approximate surface area is 72.5 Å². The molecule has 1 aromatic rings. The molecule has 0 aliphatic rings. The van der Waals surface area contributed by atoms with Crippen molar-refractivity contribution >= 4 is 0 Å². The monoisotopic (exact) mass is 166 g/mol. The molecule has 0 unspecified atom stereocenters. The summed E-state index contributed by atoms with van der Waals surface area (Å²) >= 11 is 0. The normalized spacial score (nSPS) is 10.2. The van der Waals surface area contributed by atoms with Gasteiger partial charge in [0.1, 0.15) is 0 Å². The van der Waals surface area contributed by atoms with E-state index in [1.54, 1.807) is 0 Å². The summed E-state index contributed by atoms with van der Waals surface area (Å²) in [6, 6.07) is 5.84. The van der Waals surface area contributed by atoms with Gasteiger partial charge in [-0.3, -0.25) is 0 Å². The molecule has 0 radical (unpaired) electrons. The first-order valence-electron chi connectivity index (χ1n) is 4.08. The highest BCUT2D eigenvalue weighted by molar-refractivity contribution is 5.30. The summed E-state index contributed by atoms with van der Waals surface area (Å²) in [5, 5.41) is 17.6. The molecule has 1 rings (SSSR count). The van der Waals surface area contributed by atoms with Gasteiger partial charge < -0.3 is 10.2 Å². The van der Waals surface area contributed by atoms with Crippen LogP contribution in [0.25, 0.3) is 0 Å². The van der Waals surface area contributed by atoms with Crippen LogP contribution in [0.2, 0.25) is 0 Å². The predicted octanol–water partition coefficient (Wildman–Crippen LogP) is 1.02. The Morgan fingerprint density at radius 3 is 2.50 bits per heavy atom. The lowest BCUT2D eigenvalue weighted by Gasteiger charge is -2.04. The summed E-state index contributed by atoms with van der Waals surface area (Å²) in [5.74, 6) is 0. The van der Waals surface area contributed by atoms with E-state index in [2.05, 4.69) is 0 Å². The molecule has 66 valence electrons. The lowest BCUT2D eigenvalue weighted by atomic mass is 10.0. The number of benzene rings is 1. The van der Waals surface area contributed by atoms with E-state index < -0.39 is 0 Å². The van der Waals surface area contributed by atoms with Crippen molar-refractivity contribution in [2.24, 2.45) is 0 Å². The lowest BCUT2D eigenvalue weighted by Crippen LogP contribution is -1.94. The van der Waals surface area contributed by atoms with Crippen LogP contribution in [0.4, 0.5) is 0 Å². The first-order valence-corrected chi connectivity index (χ1v) is 4.08. The molecule has 0 heterocycles. The quantitative estimate of drug-likeness (QED) is 0.704. The molecular weight excluding hydrogens is 152 g/mol. The fourth-order valence-corrected chi connectivity index (χ4v) is 1.22. The third kappa shape index (κ3) is 2.06. The van der Waals surface area contributed by atoms with Crippen LogP contribution >= 0.6 is 0 Å². The number of hydrogen-bond donors (Lipinski definition) is 2. The van der Waals surface area contributed by atoms with Crippen molar-refractivity contribution in [2.75, 3.05) is 6.61 Å². The van der Waals surface area contributed by atoms with Crippen molar-refractivity contribution in [1.29, 1.82) is 0 Å². The van der Waals surface area contributed by atoms with Gasteiger partial charge in [-0.2, -0.15) is 0 Å². The first-order chi connectivity index (χ1) is 5.77. The summed E-state index contributed by atoms with van der Waals surface area (Å²) < 4.78 is 0. The van der Waals surface area contributed by atoms with E-state index in [0.29, 0.717) is 6.42 Å². The molecular formula is C10H14O2. The van der Waals surface area contributed by atoms with Crippen molar-refractivity contribution in [1.82, 2.24) is 0 Å². The largest absolute Gasteiger partial charge is 0.396 e. The van der Waals surface area contributed by atoms with Crippen LogP contribution < -0.4 is 0 Å². The van der Waals surface area contributed by atoms with E-state index in [0.717, 1.165) is 16.7 Å². The lowest BCUT2D eigenvalue weighted by molar-refractivity contribution is 0.281. The minimum absolute atomic E-state index is 0.0885. The zero-order valence-electron chi connectivity index (χ0n) is 7.25. The summed E-state index contributed by atoms with van der Waals surface area (Å²) in [4.78, 5) is 0. The average molecular weight is 166 g/mol. The van der Waals surface area contributed by atoms with Gasteiger partial charge in [-0.05, 0) is 30.0 Å². The van der Waals surface area contributed by atoms with Crippen LogP contribution in [0, 0.1) is 6.92 Å². The highest BCUT2D eigenvalue weighted by Gasteiger charge is 1.97. The molecule has 12 heavy (non-hydrogen) atoms. The zero-order valence-corrected chi connectivity index (χ0v) is 7.25. The van der Waals surface area contributed by atoms with Crippen LogP contribution in [-0.2, 0) is 13.0 Å². The van der Waals surface area contributed by atoms with Crippen molar-refractivity contribution in [3.8, 4) is 0 Å². The highest BCUT2D eigenvalue weighted by Crippen LogP contribution is 2.11. The Morgan fingerprint density at radius 1 is 1.25 bits per heavy atom. The predicted molar refractivity (Wildman–Crippen MR) is 47.9 cm³/mol. The second-order valence-electron chi connectivity index (χ2n) is 2.89. The fourth-order valence-electron chi connectivity index (χ4n) is 1.22. The molecule has 2 heteroatoms. The van der Waals surface area contributed by atoms with Crippen molar-refractivity contribution in [2.45, 2.75) is 20.0 Å². The van der Waals surface area contributed by atoms with Gasteiger partial charge in [0.05, 0.1) is 6.61 Å². The summed E-state index contributed by atoms with van der Waals surface area (Å²) in [7, 11) is 0. The van der Waals surface area contributed by atoms with E-state index in [1.165, 1.54) is 0 Å². The number of rotatable bonds is 3. The van der Waals surface area contributed by atoms with Crippen molar-refractivity contribution in [3.63, 3.8) is 0 Å². The van der Waals surface area contributed by atoms with Crippen LogP contribution in [-0.4, -0.2) is 16.8 Å². The first kappa shape index (κ1) is 9.23. The van der Waals surface area contributed by atoms with Crippen LogP contribution in [0.1, 0.15) is 16.7 Å². The fraction of sp³-hybridized carbons (Fsp3) is 0.400. The van der Waals surface area contributed by atoms with Crippen LogP contribution in [0.5, 0.6) is 0 Å². The smallest absolute Gasteiger partial charge is 0.0684 e. The molecule has 0 aliphatic heterocycles. The Bertz CT molecular complexity index is 256. The van der Waals surface area contributed by atoms with Crippen LogP contribution in [0.15, 0.2) is 18.2 Å². The standard InChI is InChI=1S/C10H14O2/c1-8-6-9(4-5-11)2-3-10(8)7-12/h2-3,6,11-12H,4-5,7H2,1H3. The van der Waals surface area contributed by atoms with Gasteiger partial charge in [0.2, 0.25) is 0 Å². The topological polar surface area (TPSA) is 40.5 Å². The maximum Gasteiger partial charge on any atom is 0.0684 e. The molecule has 0 amide bonds. The van der Waals surface area contributed by atoms with E-state index in [1.807, 2.05) is 25.1 Å². The molecule has 0 aliphatic carbocycles. The summed E-state index contributed by atoms with van der Waals surface area (Å²) in [6.45, 7) is 2.23. The molecule has 0 bridgehead atoms. The highest BCUT2D eigenvalue weighted by atomic mass is 16.3. The number of hydrogen-bond acceptors (Lipinski definition) is 2. The van der Waals surface area contributed by atoms with E-state index >= 15 is 0 Å². The van der Waals surface area contributed by atoms with Crippen LogP contribution in [0.3, 0.4) is 0 Å². The minimum atomic E-state index is 0.0885. The SMILES string of the molecule is Cc1cc(CCO)ccc1CO. The Morgan fingerprint density at radius 2 is 2.00 bits per heavy atom. The number of aryl methyl sites for hydroxylation is 1. The van der Waals surface area contributed by atoms with Crippen molar-refractivity contribution in [3.05, 3.63) is 34.9 Å². The molecule has 2 N–H and O–H groups in total. The molecule has 0 fully saturated rings. The maximum absolute atomic E-state index is 8.89. The van der Waals surface area contributed by atoms with Gasteiger partial charge in [0.15, 0.2) is 0 Å². The second-order valence-corrected chi connectivity index (χ2v) is 2.89. The molecule has 0 saturated carbocycles. The Hall–Kier alpha value is -0.860. The molecule has 0 saturated heterocycles. The number of aliphatic hydroxyl groups is 2. The van der Waals surface area contributed by atoms with Gasteiger partial charge in [0, 0.05) is 6.61 Å². The van der Waals surface area contributed by atoms with E-state index in [4.69, 9.17) is 10.2 Å². The Kier molecular flexibility index (Phi) is 3.26. The number of aliphatic hydroxyl groups excluding tert-OH is 2. The van der Waals surface area contributed by atoms with Gasteiger partial charge in [-0.15, -0.1) is 0 Å². The molecule has 2 nitrogen and oxygen atoms in total. The Balaban J connectivity index is 2.86.